The summed E-state index contributed by atoms with van der Waals surface area (Å²) in [6, 6.07) is 7.33. The molecule has 4 amide bonds. The van der Waals surface area contributed by atoms with Gasteiger partial charge in [-0.15, -0.1) is 0 Å². The number of urea groups is 1. The van der Waals surface area contributed by atoms with Gasteiger partial charge < -0.3 is 0 Å². The second kappa shape index (κ2) is 5.42. The summed E-state index contributed by atoms with van der Waals surface area (Å²) in [5.41, 5.74) is 2.26. The molecule has 0 aromatic heterocycles. The zero-order chi connectivity index (χ0) is 14.9. The van der Waals surface area contributed by atoms with Crippen molar-refractivity contribution in [3.63, 3.8) is 0 Å². The zero-order valence-electron chi connectivity index (χ0n) is 11.8. The van der Waals surface area contributed by atoms with Crippen molar-refractivity contribution in [2.75, 3.05) is 20.8 Å². The van der Waals surface area contributed by atoms with Crippen LogP contribution in [0.2, 0.25) is 0 Å². The zero-order valence-corrected chi connectivity index (χ0v) is 11.8. The van der Waals surface area contributed by atoms with Crippen LogP contribution in [0.4, 0.5) is 4.79 Å². The molecule has 2 rings (SSSR count). The van der Waals surface area contributed by atoms with Gasteiger partial charge in [0.15, 0.2) is 0 Å². The lowest BCUT2D eigenvalue weighted by atomic mass is 10.1. The number of likely N-dealkylation sites (N-methyl/N-ethyl adjacent to an activating group) is 1. The average molecular weight is 275 g/mol. The van der Waals surface area contributed by atoms with Crippen LogP contribution in [0.15, 0.2) is 24.3 Å². The number of aryl methyl sites for hydroxylation is 1. The van der Waals surface area contributed by atoms with Crippen molar-refractivity contribution in [3.8, 4) is 0 Å². The van der Waals surface area contributed by atoms with E-state index in [4.69, 9.17) is 0 Å². The number of benzene rings is 1. The van der Waals surface area contributed by atoms with Gasteiger partial charge in [0.25, 0.3) is 0 Å². The Hall–Kier alpha value is -2.21. The third-order valence-electron chi connectivity index (χ3n) is 3.33. The SMILES string of the molecule is Cc1ccccc1CN(C)CN1C(=O)C(=O)N(C)C1=O. The molecule has 1 saturated heterocycles. The largest absolute Gasteiger partial charge is 0.335 e. The minimum Gasteiger partial charge on any atom is -0.284 e. The first-order valence-corrected chi connectivity index (χ1v) is 6.28. The van der Waals surface area contributed by atoms with Crippen molar-refractivity contribution >= 4 is 17.8 Å². The first kappa shape index (κ1) is 14.2. The van der Waals surface area contributed by atoms with E-state index in [1.807, 2.05) is 36.1 Å². The number of nitrogens with zero attached hydrogens (tertiary/aromatic N) is 3. The van der Waals surface area contributed by atoms with Crippen molar-refractivity contribution < 1.29 is 14.4 Å². The van der Waals surface area contributed by atoms with E-state index in [0.717, 1.165) is 20.9 Å². The maximum atomic E-state index is 11.8. The molecule has 0 bridgehead atoms. The molecule has 6 nitrogen and oxygen atoms in total. The van der Waals surface area contributed by atoms with Gasteiger partial charge in [-0.2, -0.15) is 0 Å². The Morgan fingerprint density at radius 2 is 1.75 bits per heavy atom. The summed E-state index contributed by atoms with van der Waals surface area (Å²) in [4.78, 5) is 38.5. The average Bonchev–Trinajstić information content (AvgIpc) is 2.59. The normalized spacial score (nSPS) is 15.7. The monoisotopic (exact) mass is 275 g/mol. The Morgan fingerprint density at radius 1 is 1.10 bits per heavy atom. The molecule has 0 unspecified atom stereocenters. The van der Waals surface area contributed by atoms with Gasteiger partial charge in [-0.1, -0.05) is 24.3 Å². The molecule has 0 N–H and O–H groups in total. The minimum atomic E-state index is -0.778. The Kier molecular flexibility index (Phi) is 3.85. The Morgan fingerprint density at radius 3 is 2.30 bits per heavy atom. The molecule has 1 aliphatic rings. The number of carbonyl (C=O) groups is 3. The molecule has 106 valence electrons. The van der Waals surface area contributed by atoms with Crippen LogP contribution in [0, 0.1) is 6.92 Å². The van der Waals surface area contributed by atoms with E-state index in [-0.39, 0.29) is 6.67 Å². The summed E-state index contributed by atoms with van der Waals surface area (Å²) < 4.78 is 0. The van der Waals surface area contributed by atoms with Crippen LogP contribution in [-0.2, 0) is 16.1 Å². The molecule has 0 aliphatic carbocycles. The highest BCUT2D eigenvalue weighted by Crippen LogP contribution is 2.13. The number of imide groups is 2. The van der Waals surface area contributed by atoms with E-state index in [0.29, 0.717) is 6.54 Å². The van der Waals surface area contributed by atoms with Crippen LogP contribution >= 0.6 is 0 Å². The summed E-state index contributed by atoms with van der Waals surface area (Å²) in [5.74, 6) is -1.55. The Bertz CT molecular complexity index is 571. The van der Waals surface area contributed by atoms with Gasteiger partial charge in [0.1, 0.15) is 0 Å². The van der Waals surface area contributed by atoms with Crippen LogP contribution in [0.5, 0.6) is 0 Å². The molecule has 1 aliphatic heterocycles. The van der Waals surface area contributed by atoms with Crippen LogP contribution < -0.4 is 0 Å². The van der Waals surface area contributed by atoms with Gasteiger partial charge >= 0.3 is 17.8 Å². The molecule has 0 radical (unpaired) electrons. The quantitative estimate of drug-likeness (QED) is 0.602. The van der Waals surface area contributed by atoms with Crippen molar-refractivity contribution in [2.24, 2.45) is 0 Å². The highest BCUT2D eigenvalue weighted by molar-refractivity contribution is 6.44. The van der Waals surface area contributed by atoms with Crippen molar-refractivity contribution in [2.45, 2.75) is 13.5 Å². The van der Waals surface area contributed by atoms with Gasteiger partial charge in [0.2, 0.25) is 0 Å². The molecule has 0 atom stereocenters. The van der Waals surface area contributed by atoms with E-state index in [9.17, 15) is 14.4 Å². The second-order valence-corrected chi connectivity index (χ2v) is 4.96. The molecule has 1 aromatic carbocycles. The van der Waals surface area contributed by atoms with Crippen molar-refractivity contribution in [1.29, 1.82) is 0 Å². The maximum absolute atomic E-state index is 11.8. The third-order valence-corrected chi connectivity index (χ3v) is 3.33. The lowest BCUT2D eigenvalue weighted by Crippen LogP contribution is -2.40. The van der Waals surface area contributed by atoms with Crippen LogP contribution in [0.1, 0.15) is 11.1 Å². The van der Waals surface area contributed by atoms with E-state index >= 15 is 0 Å². The molecular weight excluding hydrogens is 258 g/mol. The lowest BCUT2D eigenvalue weighted by Gasteiger charge is -2.22. The standard InChI is InChI=1S/C14H17N3O3/c1-10-6-4-5-7-11(10)8-15(2)9-17-13(19)12(18)16(3)14(17)20/h4-7H,8-9H2,1-3H3. The second-order valence-electron chi connectivity index (χ2n) is 4.96. The van der Waals surface area contributed by atoms with Crippen LogP contribution in [0.3, 0.4) is 0 Å². The highest BCUT2D eigenvalue weighted by Gasteiger charge is 2.42. The Balaban J connectivity index is 2.04. The topological polar surface area (TPSA) is 60.9 Å². The summed E-state index contributed by atoms with van der Waals surface area (Å²) in [5, 5.41) is 0. The molecule has 6 heteroatoms. The molecule has 1 fully saturated rings. The van der Waals surface area contributed by atoms with Gasteiger partial charge in [-0.3, -0.25) is 19.4 Å². The lowest BCUT2D eigenvalue weighted by molar-refractivity contribution is -0.143. The van der Waals surface area contributed by atoms with E-state index in [2.05, 4.69) is 0 Å². The fraction of sp³-hybridized carbons (Fsp3) is 0.357. The third kappa shape index (κ3) is 2.55. The van der Waals surface area contributed by atoms with Crippen LogP contribution in [0.25, 0.3) is 0 Å². The van der Waals surface area contributed by atoms with Gasteiger partial charge in [0, 0.05) is 13.6 Å². The first-order valence-electron chi connectivity index (χ1n) is 6.28. The predicted molar refractivity (Wildman–Crippen MR) is 72.5 cm³/mol. The van der Waals surface area contributed by atoms with Crippen LogP contribution in [-0.4, -0.2) is 53.3 Å². The smallest absolute Gasteiger partial charge is 0.284 e. The summed E-state index contributed by atoms with van der Waals surface area (Å²) in [6.07, 6.45) is 0. The summed E-state index contributed by atoms with van der Waals surface area (Å²) in [6.45, 7) is 2.70. The molecule has 1 heterocycles. The predicted octanol–water partition coefficient (Wildman–Crippen LogP) is 0.805. The van der Waals surface area contributed by atoms with Crippen molar-refractivity contribution in [1.82, 2.24) is 14.7 Å². The van der Waals surface area contributed by atoms with E-state index < -0.39 is 17.8 Å². The van der Waals surface area contributed by atoms with E-state index in [1.165, 1.54) is 7.05 Å². The first-order chi connectivity index (χ1) is 9.41. The minimum absolute atomic E-state index is 0.0993. The molecule has 0 saturated carbocycles. The number of amides is 4. The van der Waals surface area contributed by atoms with Gasteiger partial charge in [-0.05, 0) is 25.1 Å². The van der Waals surface area contributed by atoms with Gasteiger partial charge in [0.05, 0.1) is 6.67 Å². The highest BCUT2D eigenvalue weighted by atomic mass is 16.2. The molecule has 20 heavy (non-hydrogen) atoms. The summed E-state index contributed by atoms with van der Waals surface area (Å²) >= 11 is 0. The van der Waals surface area contributed by atoms with Gasteiger partial charge in [-0.25, -0.2) is 9.69 Å². The number of hydrogen-bond acceptors (Lipinski definition) is 4. The fourth-order valence-corrected chi connectivity index (χ4v) is 2.11. The summed E-state index contributed by atoms with van der Waals surface area (Å²) in [7, 11) is 3.11. The van der Waals surface area contributed by atoms with E-state index in [1.54, 1.807) is 7.05 Å². The molecule has 1 aromatic rings. The molecular formula is C14H17N3O3. The number of carbonyl (C=O) groups excluding carboxylic acids is 3. The maximum Gasteiger partial charge on any atom is 0.335 e. The number of rotatable bonds is 4. The number of hydrogen-bond donors (Lipinski definition) is 0. The Labute approximate surface area is 117 Å². The van der Waals surface area contributed by atoms with Crippen molar-refractivity contribution in [3.05, 3.63) is 35.4 Å². The fourth-order valence-electron chi connectivity index (χ4n) is 2.11. The molecule has 0 spiro atoms.